The number of hydrogen-bond acceptors (Lipinski definition) is 6. The maximum atomic E-state index is 12.6. The molecule has 0 radical (unpaired) electrons. The highest BCUT2D eigenvalue weighted by atomic mass is 32.2. The zero-order valence-electron chi connectivity index (χ0n) is 14.9. The van der Waals surface area contributed by atoms with Crippen molar-refractivity contribution in [2.45, 2.75) is 13.3 Å². The van der Waals surface area contributed by atoms with E-state index >= 15 is 0 Å². The largest absolute Gasteiger partial charge is 0.504 e. The molecule has 3 rings (SSSR count). The highest BCUT2D eigenvalue weighted by molar-refractivity contribution is 8.26. The Morgan fingerprint density at radius 1 is 1.22 bits per heavy atom. The molecular weight excluding hydrogens is 380 g/mol. The van der Waals surface area contributed by atoms with Crippen LogP contribution >= 0.6 is 24.0 Å². The lowest BCUT2D eigenvalue weighted by Crippen LogP contribution is -2.22. The number of phenols is 1. The third-order valence-electron chi connectivity index (χ3n) is 3.99. The Morgan fingerprint density at radius 3 is 2.59 bits per heavy atom. The summed E-state index contributed by atoms with van der Waals surface area (Å²) in [6.07, 6.45) is 4.29. The van der Waals surface area contributed by atoms with Crippen molar-refractivity contribution in [3.8, 4) is 11.5 Å². The molecule has 1 heterocycles. The maximum Gasteiger partial charge on any atom is 0.286 e. The Labute approximate surface area is 167 Å². The van der Waals surface area contributed by atoms with Crippen molar-refractivity contribution in [3.63, 3.8) is 0 Å². The smallest absolute Gasteiger partial charge is 0.286 e. The highest BCUT2D eigenvalue weighted by Crippen LogP contribution is 2.34. The highest BCUT2D eigenvalue weighted by Gasteiger charge is 2.32. The number of benzene rings is 2. The first-order chi connectivity index (χ1) is 13.0. The molecule has 2 aromatic carbocycles. The predicted octanol–water partition coefficient (Wildman–Crippen LogP) is 4.20. The second-order valence-corrected chi connectivity index (χ2v) is 7.44. The first-order valence-electron chi connectivity index (χ1n) is 8.29. The Kier molecular flexibility index (Phi) is 5.93. The zero-order chi connectivity index (χ0) is 19.4. The molecule has 1 aliphatic rings. The number of carbonyl (C=O) groups is 1. The lowest BCUT2D eigenvalue weighted by molar-refractivity contribution is -0.122. The van der Waals surface area contributed by atoms with Crippen LogP contribution in [0.15, 0.2) is 52.5 Å². The molecule has 1 amide bonds. The number of methoxy groups -OCH3 is 1. The van der Waals surface area contributed by atoms with E-state index in [9.17, 15) is 9.90 Å². The summed E-state index contributed by atoms with van der Waals surface area (Å²) in [5, 5.41) is 15.1. The minimum absolute atomic E-state index is 0.0425. The number of carbonyl (C=O) groups excluding carboxylic acids is 1. The van der Waals surface area contributed by atoms with Crippen LogP contribution in [0.1, 0.15) is 23.6 Å². The SMILES string of the molecule is CCc1ccc(/C=N/N2C(=O)/C(=C\c3ccc(O)c(OC)c3)SC2=S)cc1. The first kappa shape index (κ1) is 19.1. The minimum Gasteiger partial charge on any atom is -0.504 e. The van der Waals surface area contributed by atoms with Gasteiger partial charge in [0, 0.05) is 0 Å². The number of thiocarbonyl (C=S) groups is 1. The summed E-state index contributed by atoms with van der Waals surface area (Å²) in [6, 6.07) is 12.8. The van der Waals surface area contributed by atoms with E-state index in [1.54, 1.807) is 24.4 Å². The lowest BCUT2D eigenvalue weighted by atomic mass is 10.1. The fourth-order valence-corrected chi connectivity index (χ4v) is 3.63. The van der Waals surface area contributed by atoms with Crippen LogP contribution in [0.4, 0.5) is 0 Å². The average molecular weight is 399 g/mol. The van der Waals surface area contributed by atoms with E-state index in [-0.39, 0.29) is 11.7 Å². The molecule has 0 unspecified atom stereocenters. The topological polar surface area (TPSA) is 62.1 Å². The summed E-state index contributed by atoms with van der Waals surface area (Å²) < 4.78 is 5.47. The van der Waals surface area contributed by atoms with E-state index in [0.29, 0.717) is 15.0 Å². The molecule has 0 aromatic heterocycles. The summed E-state index contributed by atoms with van der Waals surface area (Å²) in [4.78, 5) is 13.1. The van der Waals surface area contributed by atoms with Crippen molar-refractivity contribution < 1.29 is 14.6 Å². The number of aryl methyl sites for hydroxylation is 1. The van der Waals surface area contributed by atoms with Gasteiger partial charge in [0.05, 0.1) is 18.2 Å². The van der Waals surface area contributed by atoms with Gasteiger partial charge in [0.1, 0.15) is 0 Å². The Bertz CT molecular complexity index is 937. The molecular formula is C20H18N2O3S2. The van der Waals surface area contributed by atoms with Crippen molar-refractivity contribution >= 4 is 46.5 Å². The minimum atomic E-state index is -0.279. The van der Waals surface area contributed by atoms with Crippen LogP contribution in [-0.4, -0.2) is 33.7 Å². The molecule has 0 aliphatic carbocycles. The van der Waals surface area contributed by atoms with Gasteiger partial charge in [-0.2, -0.15) is 10.1 Å². The van der Waals surface area contributed by atoms with Crippen LogP contribution in [0.25, 0.3) is 6.08 Å². The van der Waals surface area contributed by atoms with Gasteiger partial charge in [0.15, 0.2) is 15.8 Å². The fraction of sp³-hybridized carbons (Fsp3) is 0.150. The van der Waals surface area contributed by atoms with E-state index in [1.807, 2.05) is 24.3 Å². The van der Waals surface area contributed by atoms with Gasteiger partial charge in [-0.3, -0.25) is 4.79 Å². The normalized spacial score (nSPS) is 15.9. The number of hydrogen-bond donors (Lipinski definition) is 1. The van der Waals surface area contributed by atoms with Crippen LogP contribution in [-0.2, 0) is 11.2 Å². The van der Waals surface area contributed by atoms with Crippen LogP contribution in [0.3, 0.4) is 0 Å². The summed E-state index contributed by atoms with van der Waals surface area (Å²) in [7, 11) is 1.47. The van der Waals surface area contributed by atoms with Crippen LogP contribution in [0.2, 0.25) is 0 Å². The third kappa shape index (κ3) is 4.37. The van der Waals surface area contributed by atoms with Gasteiger partial charge in [-0.25, -0.2) is 0 Å². The number of phenolic OH excluding ortho intramolecular Hbond substituents is 1. The van der Waals surface area contributed by atoms with E-state index in [4.69, 9.17) is 17.0 Å². The molecule has 27 heavy (non-hydrogen) atoms. The van der Waals surface area contributed by atoms with Gasteiger partial charge in [-0.15, -0.1) is 0 Å². The van der Waals surface area contributed by atoms with Gasteiger partial charge in [-0.1, -0.05) is 49.0 Å². The third-order valence-corrected chi connectivity index (χ3v) is 5.27. The number of ether oxygens (including phenoxy) is 1. The first-order valence-corrected chi connectivity index (χ1v) is 9.52. The predicted molar refractivity (Wildman–Crippen MR) is 113 cm³/mol. The second kappa shape index (κ2) is 8.37. The van der Waals surface area contributed by atoms with Crippen LogP contribution < -0.4 is 4.74 Å². The lowest BCUT2D eigenvalue weighted by Gasteiger charge is -2.06. The molecule has 1 saturated heterocycles. The van der Waals surface area contributed by atoms with E-state index in [1.165, 1.54) is 35.5 Å². The van der Waals surface area contributed by atoms with Gasteiger partial charge < -0.3 is 9.84 Å². The average Bonchev–Trinajstić information content (AvgIpc) is 2.95. The monoisotopic (exact) mass is 398 g/mol. The quantitative estimate of drug-likeness (QED) is 0.465. The molecule has 0 atom stereocenters. The number of rotatable bonds is 5. The molecule has 1 fully saturated rings. The molecule has 1 N–H and O–H groups in total. The standard InChI is InChI=1S/C20H18N2O3S2/c1-3-13-4-6-14(7-5-13)12-21-22-19(24)18(27-20(22)26)11-15-8-9-16(23)17(10-15)25-2/h4-12,23H,3H2,1-2H3/b18-11+,21-12+. The van der Waals surface area contributed by atoms with Crippen molar-refractivity contribution in [2.24, 2.45) is 5.10 Å². The van der Waals surface area contributed by atoms with Gasteiger partial charge in [0.25, 0.3) is 5.91 Å². The summed E-state index contributed by atoms with van der Waals surface area (Å²) in [6.45, 7) is 2.10. The molecule has 5 nitrogen and oxygen atoms in total. The zero-order valence-corrected chi connectivity index (χ0v) is 16.5. The molecule has 7 heteroatoms. The summed E-state index contributed by atoms with van der Waals surface area (Å²) in [5.41, 5.74) is 2.86. The van der Waals surface area contributed by atoms with Gasteiger partial charge >= 0.3 is 0 Å². The van der Waals surface area contributed by atoms with Crippen molar-refractivity contribution in [1.82, 2.24) is 5.01 Å². The van der Waals surface area contributed by atoms with E-state index in [2.05, 4.69) is 12.0 Å². The van der Waals surface area contributed by atoms with Crippen LogP contribution in [0, 0.1) is 0 Å². The van der Waals surface area contributed by atoms with E-state index < -0.39 is 0 Å². The van der Waals surface area contributed by atoms with Crippen molar-refractivity contribution in [1.29, 1.82) is 0 Å². The molecule has 0 saturated carbocycles. The van der Waals surface area contributed by atoms with Crippen molar-refractivity contribution in [3.05, 3.63) is 64.1 Å². The van der Waals surface area contributed by atoms with Crippen molar-refractivity contribution in [2.75, 3.05) is 7.11 Å². The number of hydrazone groups is 1. The fourth-order valence-electron chi connectivity index (χ4n) is 2.46. The molecule has 2 aromatic rings. The Morgan fingerprint density at radius 2 is 1.93 bits per heavy atom. The van der Waals surface area contributed by atoms with Gasteiger partial charge in [0.2, 0.25) is 0 Å². The van der Waals surface area contributed by atoms with E-state index in [0.717, 1.165) is 17.5 Å². The maximum absolute atomic E-state index is 12.6. The second-order valence-electron chi connectivity index (χ2n) is 5.76. The summed E-state index contributed by atoms with van der Waals surface area (Å²) in [5.74, 6) is 0.104. The Hall–Kier alpha value is -2.64. The number of aromatic hydroxyl groups is 1. The molecule has 0 spiro atoms. The molecule has 138 valence electrons. The summed E-state index contributed by atoms with van der Waals surface area (Å²) >= 11 is 6.47. The molecule has 0 bridgehead atoms. The van der Waals surface area contributed by atoms with Gasteiger partial charge in [-0.05, 0) is 53.5 Å². The number of amides is 1. The molecule has 1 aliphatic heterocycles. The van der Waals surface area contributed by atoms with Crippen LogP contribution in [0.5, 0.6) is 11.5 Å². The number of thioether (sulfide) groups is 1. The Balaban J connectivity index is 1.79. The number of nitrogens with zero attached hydrogens (tertiary/aromatic N) is 2.